The molecule has 1 saturated carbocycles. The van der Waals surface area contributed by atoms with E-state index in [1.54, 1.807) is 0 Å². The quantitative estimate of drug-likeness (QED) is 0.901. The van der Waals surface area contributed by atoms with Crippen LogP contribution in [0, 0.1) is 11.8 Å². The van der Waals surface area contributed by atoms with Crippen LogP contribution in [0.4, 0.5) is 5.95 Å². The highest BCUT2D eigenvalue weighted by molar-refractivity contribution is 6.28. The zero-order valence-corrected chi connectivity index (χ0v) is 13.2. The third-order valence-electron chi connectivity index (χ3n) is 3.77. The molecule has 6 heteroatoms. The second-order valence-corrected chi connectivity index (χ2v) is 6.04. The van der Waals surface area contributed by atoms with Crippen molar-refractivity contribution in [2.75, 3.05) is 11.9 Å². The largest absolute Gasteiger partial charge is 0.463 e. The fraction of sp³-hybridized carbons (Fsp3) is 0.786. The van der Waals surface area contributed by atoms with Gasteiger partial charge in [-0.3, -0.25) is 0 Å². The van der Waals surface area contributed by atoms with Crippen LogP contribution in [-0.2, 0) is 0 Å². The second-order valence-electron chi connectivity index (χ2n) is 5.71. The lowest BCUT2D eigenvalue weighted by Crippen LogP contribution is -2.33. The highest BCUT2D eigenvalue weighted by Crippen LogP contribution is 2.30. The van der Waals surface area contributed by atoms with Crippen molar-refractivity contribution in [3.8, 4) is 6.01 Å². The monoisotopic (exact) mass is 298 g/mol. The Morgan fingerprint density at radius 2 is 2.05 bits per heavy atom. The first-order chi connectivity index (χ1) is 9.58. The van der Waals surface area contributed by atoms with Gasteiger partial charge in [-0.2, -0.15) is 15.0 Å². The van der Waals surface area contributed by atoms with E-state index < -0.39 is 0 Å². The molecule has 0 radical (unpaired) electrons. The average molecular weight is 299 g/mol. The molecule has 1 aliphatic rings. The Labute approximate surface area is 125 Å². The van der Waals surface area contributed by atoms with Crippen molar-refractivity contribution in [1.82, 2.24) is 15.0 Å². The Hall–Kier alpha value is -1.10. The molecular formula is C14H23ClN4O. The van der Waals surface area contributed by atoms with Crippen molar-refractivity contribution in [2.45, 2.75) is 52.5 Å². The number of halogens is 1. The molecule has 5 nitrogen and oxygen atoms in total. The van der Waals surface area contributed by atoms with Crippen LogP contribution in [0.1, 0.15) is 46.5 Å². The van der Waals surface area contributed by atoms with E-state index in [-0.39, 0.29) is 5.28 Å². The van der Waals surface area contributed by atoms with Crippen molar-refractivity contribution < 1.29 is 4.74 Å². The number of nitrogens with one attached hydrogen (secondary N) is 1. The van der Waals surface area contributed by atoms with Crippen molar-refractivity contribution in [3.05, 3.63) is 5.28 Å². The molecule has 112 valence electrons. The predicted molar refractivity (Wildman–Crippen MR) is 80.2 cm³/mol. The summed E-state index contributed by atoms with van der Waals surface area (Å²) >= 11 is 5.92. The van der Waals surface area contributed by atoms with Crippen LogP contribution in [-0.4, -0.2) is 27.6 Å². The highest BCUT2D eigenvalue weighted by Gasteiger charge is 2.26. The summed E-state index contributed by atoms with van der Waals surface area (Å²) in [6.07, 6.45) is 4.51. The van der Waals surface area contributed by atoms with Crippen molar-refractivity contribution in [2.24, 2.45) is 11.8 Å². The van der Waals surface area contributed by atoms with E-state index in [0.717, 1.165) is 18.8 Å². The Morgan fingerprint density at radius 3 is 2.75 bits per heavy atom. The lowest BCUT2D eigenvalue weighted by atomic mass is 9.80. The summed E-state index contributed by atoms with van der Waals surface area (Å²) in [5.74, 6) is 1.92. The van der Waals surface area contributed by atoms with Crippen LogP contribution in [0.2, 0.25) is 5.28 Å². The maximum atomic E-state index is 5.92. The lowest BCUT2D eigenvalue weighted by molar-refractivity contribution is 0.274. The van der Waals surface area contributed by atoms with Crippen LogP contribution in [0.25, 0.3) is 0 Å². The van der Waals surface area contributed by atoms with Crippen LogP contribution in [0.5, 0.6) is 6.01 Å². The van der Waals surface area contributed by atoms with Gasteiger partial charge in [-0.1, -0.05) is 20.8 Å². The number of aromatic nitrogens is 3. The first-order valence-corrected chi connectivity index (χ1v) is 7.77. The molecule has 0 spiro atoms. The topological polar surface area (TPSA) is 59.9 Å². The Morgan fingerprint density at radius 1 is 1.25 bits per heavy atom. The highest BCUT2D eigenvalue weighted by atomic mass is 35.5. The second kappa shape index (κ2) is 7.07. The smallest absolute Gasteiger partial charge is 0.322 e. The summed E-state index contributed by atoms with van der Waals surface area (Å²) in [4.78, 5) is 12.4. The minimum absolute atomic E-state index is 0.172. The van der Waals surface area contributed by atoms with Gasteiger partial charge in [0.15, 0.2) is 0 Å². The van der Waals surface area contributed by atoms with Crippen LogP contribution in [0.15, 0.2) is 0 Å². The van der Waals surface area contributed by atoms with Gasteiger partial charge in [0.25, 0.3) is 0 Å². The van der Waals surface area contributed by atoms with Gasteiger partial charge in [-0.15, -0.1) is 0 Å². The molecule has 1 heterocycles. The summed E-state index contributed by atoms with van der Waals surface area (Å²) in [6.45, 7) is 7.19. The van der Waals surface area contributed by atoms with E-state index in [9.17, 15) is 0 Å². The van der Waals surface area contributed by atoms with Crippen molar-refractivity contribution in [1.29, 1.82) is 0 Å². The third-order valence-corrected chi connectivity index (χ3v) is 3.94. The molecule has 1 aromatic heterocycles. The van der Waals surface area contributed by atoms with E-state index in [0.29, 0.717) is 30.5 Å². The zero-order chi connectivity index (χ0) is 14.5. The van der Waals surface area contributed by atoms with Gasteiger partial charge >= 0.3 is 6.01 Å². The van der Waals surface area contributed by atoms with E-state index in [2.05, 4.69) is 34.1 Å². The molecule has 1 fully saturated rings. The Kier molecular flexibility index (Phi) is 5.40. The van der Waals surface area contributed by atoms with Gasteiger partial charge in [0.2, 0.25) is 11.2 Å². The standard InChI is InChI=1S/C14H23ClN4O/c1-4-7-20-14-18-12(15)17-13(19-14)16-11-6-5-9(2)8-10(11)3/h9-11H,4-8H2,1-3H3,(H,16,17,18,19). The molecule has 20 heavy (non-hydrogen) atoms. The zero-order valence-electron chi connectivity index (χ0n) is 12.4. The number of ether oxygens (including phenoxy) is 1. The molecule has 0 aromatic carbocycles. The number of anilines is 1. The van der Waals surface area contributed by atoms with Gasteiger partial charge in [0.1, 0.15) is 0 Å². The number of hydrogen-bond acceptors (Lipinski definition) is 5. The molecule has 3 atom stereocenters. The van der Waals surface area contributed by atoms with Gasteiger partial charge in [0, 0.05) is 6.04 Å². The third kappa shape index (κ3) is 4.20. The molecule has 3 unspecified atom stereocenters. The predicted octanol–water partition coefficient (Wildman–Crippen LogP) is 3.55. The number of rotatable bonds is 5. The van der Waals surface area contributed by atoms with E-state index in [1.165, 1.54) is 12.8 Å². The molecule has 0 amide bonds. The van der Waals surface area contributed by atoms with Crippen molar-refractivity contribution in [3.63, 3.8) is 0 Å². The molecular weight excluding hydrogens is 276 g/mol. The van der Waals surface area contributed by atoms with Gasteiger partial charge in [0.05, 0.1) is 6.61 Å². The fourth-order valence-electron chi connectivity index (χ4n) is 2.70. The summed E-state index contributed by atoms with van der Waals surface area (Å²) < 4.78 is 5.42. The number of hydrogen-bond donors (Lipinski definition) is 1. The summed E-state index contributed by atoms with van der Waals surface area (Å²) in [5, 5.41) is 3.55. The van der Waals surface area contributed by atoms with Crippen molar-refractivity contribution >= 4 is 17.5 Å². The minimum Gasteiger partial charge on any atom is -0.463 e. The van der Waals surface area contributed by atoms with Crippen LogP contribution < -0.4 is 10.1 Å². The van der Waals surface area contributed by atoms with E-state index >= 15 is 0 Å². The molecule has 1 N–H and O–H groups in total. The molecule has 2 rings (SSSR count). The molecule has 0 aliphatic heterocycles. The van der Waals surface area contributed by atoms with Gasteiger partial charge in [-0.25, -0.2) is 0 Å². The molecule has 0 saturated heterocycles. The SMILES string of the molecule is CCCOc1nc(Cl)nc(NC2CCC(C)CC2C)n1. The normalized spacial score (nSPS) is 26.3. The van der Waals surface area contributed by atoms with E-state index in [4.69, 9.17) is 16.3 Å². The first-order valence-electron chi connectivity index (χ1n) is 7.39. The summed E-state index contributed by atoms with van der Waals surface area (Å²) in [5.41, 5.74) is 0. The van der Waals surface area contributed by atoms with Gasteiger partial charge < -0.3 is 10.1 Å². The van der Waals surface area contributed by atoms with Crippen LogP contribution >= 0.6 is 11.6 Å². The Bertz CT molecular complexity index is 443. The maximum absolute atomic E-state index is 5.92. The average Bonchev–Trinajstić information content (AvgIpc) is 2.39. The number of nitrogens with zero attached hydrogens (tertiary/aromatic N) is 3. The van der Waals surface area contributed by atoms with E-state index in [1.807, 2.05) is 6.92 Å². The minimum atomic E-state index is 0.172. The molecule has 1 aliphatic carbocycles. The van der Waals surface area contributed by atoms with Crippen LogP contribution in [0.3, 0.4) is 0 Å². The first kappa shape index (κ1) is 15.3. The summed E-state index contributed by atoms with van der Waals surface area (Å²) in [6, 6.07) is 0.690. The molecule has 0 bridgehead atoms. The fourth-order valence-corrected chi connectivity index (χ4v) is 2.85. The lowest BCUT2D eigenvalue weighted by Gasteiger charge is -2.33. The maximum Gasteiger partial charge on any atom is 0.322 e. The molecule has 1 aromatic rings. The Balaban J connectivity index is 2.03. The van der Waals surface area contributed by atoms with Gasteiger partial charge in [-0.05, 0) is 49.1 Å². The summed E-state index contributed by atoms with van der Waals surface area (Å²) in [7, 11) is 0.